The third-order valence-electron chi connectivity index (χ3n) is 4.74. The highest BCUT2D eigenvalue weighted by Crippen LogP contribution is 2.15. The third-order valence-corrected chi connectivity index (χ3v) is 5.27. The van der Waals surface area contributed by atoms with E-state index in [0.717, 1.165) is 55.7 Å². The molecule has 0 bridgehead atoms. The van der Waals surface area contributed by atoms with Crippen molar-refractivity contribution in [2.45, 2.75) is 12.8 Å². The number of carbonyl (C=O) groups excluding carboxylic acids is 1. The fourth-order valence-corrected chi connectivity index (χ4v) is 3.51. The molecule has 1 fully saturated rings. The smallest absolute Gasteiger partial charge is 0.224 e. The van der Waals surface area contributed by atoms with Gasteiger partial charge < -0.3 is 10.2 Å². The van der Waals surface area contributed by atoms with Gasteiger partial charge in [-0.2, -0.15) is 0 Å². The first-order valence-corrected chi connectivity index (χ1v) is 10.0. The van der Waals surface area contributed by atoms with Crippen LogP contribution in [0.5, 0.6) is 0 Å². The Bertz CT molecular complexity index is 682. The number of rotatable bonds is 7. The van der Waals surface area contributed by atoms with Gasteiger partial charge in [-0.1, -0.05) is 46.3 Å². The lowest BCUT2D eigenvalue weighted by molar-refractivity contribution is -0.120. The Morgan fingerprint density at radius 1 is 0.962 bits per heavy atom. The average Bonchev–Trinajstić information content (AvgIpc) is 2.68. The number of amides is 1. The number of nitrogens with zero attached hydrogens (tertiary/aromatic N) is 2. The summed E-state index contributed by atoms with van der Waals surface area (Å²) in [7, 11) is 0. The van der Waals surface area contributed by atoms with Crippen LogP contribution in [0.25, 0.3) is 0 Å². The molecule has 5 heteroatoms. The molecule has 1 aliphatic rings. The molecule has 0 aromatic heterocycles. The molecule has 1 N–H and O–H groups in total. The van der Waals surface area contributed by atoms with E-state index < -0.39 is 0 Å². The van der Waals surface area contributed by atoms with E-state index in [2.05, 4.69) is 61.4 Å². The molecular weight excluding hydrogens is 390 g/mol. The molecule has 3 rings (SSSR count). The maximum absolute atomic E-state index is 12.0. The van der Waals surface area contributed by atoms with Crippen LogP contribution >= 0.6 is 15.9 Å². The zero-order valence-corrected chi connectivity index (χ0v) is 16.6. The summed E-state index contributed by atoms with van der Waals surface area (Å²) in [6.45, 7) is 6.10. The average molecular weight is 416 g/mol. The van der Waals surface area contributed by atoms with Gasteiger partial charge in [0.25, 0.3) is 0 Å². The lowest BCUT2D eigenvalue weighted by atomic mass is 10.1. The molecule has 138 valence electrons. The zero-order valence-electron chi connectivity index (χ0n) is 15.0. The van der Waals surface area contributed by atoms with Crippen LogP contribution in [0.1, 0.15) is 12.0 Å². The van der Waals surface area contributed by atoms with Crippen LogP contribution in [0.2, 0.25) is 0 Å². The fraction of sp³-hybridized carbons (Fsp3) is 0.381. The van der Waals surface area contributed by atoms with E-state index in [4.69, 9.17) is 0 Å². The maximum Gasteiger partial charge on any atom is 0.224 e. The number of hydrogen-bond acceptors (Lipinski definition) is 3. The molecule has 0 spiro atoms. The van der Waals surface area contributed by atoms with Crippen molar-refractivity contribution in [2.75, 3.05) is 44.2 Å². The number of hydrogen-bond donors (Lipinski definition) is 1. The van der Waals surface area contributed by atoms with Crippen LogP contribution in [-0.2, 0) is 11.2 Å². The molecule has 2 aromatic rings. The predicted octanol–water partition coefficient (Wildman–Crippen LogP) is 3.32. The SMILES string of the molecule is O=C(Cc1ccc(Br)cc1)NCCCN1CCN(c2ccccc2)CC1. The normalized spacial score (nSPS) is 15.0. The van der Waals surface area contributed by atoms with Crippen LogP contribution in [0, 0.1) is 0 Å². The Kier molecular flexibility index (Phi) is 7.09. The molecule has 0 radical (unpaired) electrons. The van der Waals surface area contributed by atoms with Crippen LogP contribution < -0.4 is 10.2 Å². The summed E-state index contributed by atoms with van der Waals surface area (Å²) in [4.78, 5) is 16.9. The topological polar surface area (TPSA) is 35.6 Å². The van der Waals surface area contributed by atoms with Gasteiger partial charge in [0.1, 0.15) is 0 Å². The number of carbonyl (C=O) groups is 1. The first kappa shape index (κ1) is 18.9. The number of anilines is 1. The van der Waals surface area contributed by atoms with E-state index in [0.29, 0.717) is 6.42 Å². The molecule has 1 saturated heterocycles. The second kappa shape index (κ2) is 9.74. The first-order chi connectivity index (χ1) is 12.7. The van der Waals surface area contributed by atoms with Gasteiger partial charge >= 0.3 is 0 Å². The van der Waals surface area contributed by atoms with E-state index in [9.17, 15) is 4.79 Å². The predicted molar refractivity (Wildman–Crippen MR) is 111 cm³/mol. The Morgan fingerprint density at radius 3 is 2.35 bits per heavy atom. The van der Waals surface area contributed by atoms with E-state index in [1.54, 1.807) is 0 Å². The van der Waals surface area contributed by atoms with Gasteiger partial charge in [-0.05, 0) is 42.8 Å². The lowest BCUT2D eigenvalue weighted by Gasteiger charge is -2.36. The summed E-state index contributed by atoms with van der Waals surface area (Å²) < 4.78 is 1.04. The van der Waals surface area contributed by atoms with Crippen molar-refractivity contribution in [3.63, 3.8) is 0 Å². The summed E-state index contributed by atoms with van der Waals surface area (Å²) in [6.07, 6.45) is 1.44. The highest BCUT2D eigenvalue weighted by atomic mass is 79.9. The van der Waals surface area contributed by atoms with Crippen molar-refractivity contribution in [3.8, 4) is 0 Å². The van der Waals surface area contributed by atoms with Gasteiger partial charge in [0, 0.05) is 42.9 Å². The molecule has 4 nitrogen and oxygen atoms in total. The molecular formula is C21H26BrN3O. The molecule has 1 heterocycles. The molecule has 2 aromatic carbocycles. The standard InChI is InChI=1S/C21H26BrN3O/c22-19-9-7-18(8-10-19)17-21(26)23-11-4-12-24-13-15-25(16-14-24)20-5-2-1-3-6-20/h1-3,5-10H,4,11-17H2,(H,23,26). The third kappa shape index (κ3) is 5.85. The number of para-hydroxylation sites is 1. The van der Waals surface area contributed by atoms with E-state index >= 15 is 0 Å². The highest BCUT2D eigenvalue weighted by molar-refractivity contribution is 9.10. The summed E-state index contributed by atoms with van der Waals surface area (Å²) in [5, 5.41) is 3.03. The van der Waals surface area contributed by atoms with Crippen molar-refractivity contribution in [2.24, 2.45) is 0 Å². The Labute approximate surface area is 164 Å². The summed E-state index contributed by atoms with van der Waals surface area (Å²) in [5.41, 5.74) is 2.36. The summed E-state index contributed by atoms with van der Waals surface area (Å²) >= 11 is 3.41. The second-order valence-electron chi connectivity index (χ2n) is 6.67. The van der Waals surface area contributed by atoms with Gasteiger partial charge in [-0.15, -0.1) is 0 Å². The molecule has 1 amide bonds. The lowest BCUT2D eigenvalue weighted by Crippen LogP contribution is -2.47. The largest absolute Gasteiger partial charge is 0.369 e. The van der Waals surface area contributed by atoms with E-state index in [1.165, 1.54) is 5.69 Å². The Hall–Kier alpha value is -1.85. The Balaban J connectivity index is 1.30. The van der Waals surface area contributed by atoms with Crippen molar-refractivity contribution in [1.29, 1.82) is 0 Å². The number of piperazine rings is 1. The van der Waals surface area contributed by atoms with Gasteiger partial charge in [0.2, 0.25) is 5.91 Å². The molecule has 1 aliphatic heterocycles. The van der Waals surface area contributed by atoms with E-state index in [-0.39, 0.29) is 5.91 Å². The van der Waals surface area contributed by atoms with Crippen molar-refractivity contribution >= 4 is 27.5 Å². The van der Waals surface area contributed by atoms with Gasteiger partial charge in [0.05, 0.1) is 6.42 Å². The van der Waals surface area contributed by atoms with Crippen molar-refractivity contribution < 1.29 is 4.79 Å². The molecule has 26 heavy (non-hydrogen) atoms. The minimum absolute atomic E-state index is 0.0984. The second-order valence-corrected chi connectivity index (χ2v) is 7.59. The fourth-order valence-electron chi connectivity index (χ4n) is 3.25. The van der Waals surface area contributed by atoms with Gasteiger partial charge in [0.15, 0.2) is 0 Å². The van der Waals surface area contributed by atoms with Crippen LogP contribution in [0.4, 0.5) is 5.69 Å². The molecule has 0 saturated carbocycles. The van der Waals surface area contributed by atoms with Crippen LogP contribution in [-0.4, -0.2) is 50.1 Å². The quantitative estimate of drug-likeness (QED) is 0.704. The number of halogens is 1. The molecule has 0 unspecified atom stereocenters. The van der Waals surface area contributed by atoms with Crippen molar-refractivity contribution in [1.82, 2.24) is 10.2 Å². The first-order valence-electron chi connectivity index (χ1n) is 9.24. The maximum atomic E-state index is 12.0. The summed E-state index contributed by atoms with van der Waals surface area (Å²) in [5.74, 6) is 0.0984. The highest BCUT2D eigenvalue weighted by Gasteiger charge is 2.16. The monoisotopic (exact) mass is 415 g/mol. The Morgan fingerprint density at radius 2 is 1.65 bits per heavy atom. The minimum Gasteiger partial charge on any atom is -0.369 e. The molecule has 0 aliphatic carbocycles. The van der Waals surface area contributed by atoms with Crippen molar-refractivity contribution in [3.05, 3.63) is 64.6 Å². The van der Waals surface area contributed by atoms with Crippen LogP contribution in [0.3, 0.4) is 0 Å². The van der Waals surface area contributed by atoms with E-state index in [1.807, 2.05) is 24.3 Å². The van der Waals surface area contributed by atoms with Gasteiger partial charge in [-0.3, -0.25) is 9.69 Å². The number of benzene rings is 2. The number of nitrogens with one attached hydrogen (secondary N) is 1. The molecule has 0 atom stereocenters. The summed E-state index contributed by atoms with van der Waals surface area (Å²) in [6, 6.07) is 18.5. The van der Waals surface area contributed by atoms with Crippen LogP contribution in [0.15, 0.2) is 59.1 Å². The van der Waals surface area contributed by atoms with Gasteiger partial charge in [-0.25, -0.2) is 0 Å². The zero-order chi connectivity index (χ0) is 18.2. The minimum atomic E-state index is 0.0984.